The molecule has 118 valence electrons. The van der Waals surface area contributed by atoms with Crippen LogP contribution in [0.1, 0.15) is 40.2 Å². The van der Waals surface area contributed by atoms with Crippen LogP contribution in [0.15, 0.2) is 18.3 Å². The van der Waals surface area contributed by atoms with Gasteiger partial charge in [0.25, 0.3) is 0 Å². The van der Waals surface area contributed by atoms with Crippen molar-refractivity contribution < 1.29 is 0 Å². The van der Waals surface area contributed by atoms with Gasteiger partial charge in [-0.1, -0.05) is 26.8 Å². The van der Waals surface area contributed by atoms with E-state index < -0.39 is 0 Å². The molecule has 0 atom stereocenters. The maximum atomic E-state index is 5.87. The van der Waals surface area contributed by atoms with Crippen LogP contribution in [-0.2, 0) is 5.41 Å². The Morgan fingerprint density at radius 3 is 2.10 bits per heavy atom. The summed E-state index contributed by atoms with van der Waals surface area (Å²) in [6, 6.07) is 4.36. The Labute approximate surface area is 129 Å². The summed E-state index contributed by atoms with van der Waals surface area (Å²) in [4.78, 5) is 9.51. The van der Waals surface area contributed by atoms with Gasteiger partial charge in [0, 0.05) is 44.5 Å². The molecule has 1 aromatic rings. The Morgan fingerprint density at radius 2 is 1.67 bits per heavy atom. The van der Waals surface area contributed by atoms with Gasteiger partial charge >= 0.3 is 0 Å². The molecule has 1 aromatic heterocycles. The van der Waals surface area contributed by atoms with Crippen molar-refractivity contribution in [2.75, 3.05) is 37.6 Å². The van der Waals surface area contributed by atoms with Gasteiger partial charge in [0.1, 0.15) is 5.82 Å². The van der Waals surface area contributed by atoms with Crippen molar-refractivity contribution >= 4 is 5.82 Å². The monoisotopic (exact) mass is 290 g/mol. The predicted octanol–water partition coefficient (Wildman–Crippen LogP) is 2.24. The Hall–Kier alpha value is -1.13. The quantitative estimate of drug-likeness (QED) is 0.927. The molecule has 2 heterocycles. The maximum Gasteiger partial charge on any atom is 0.128 e. The second kappa shape index (κ2) is 5.93. The van der Waals surface area contributed by atoms with E-state index in [0.717, 1.165) is 32.0 Å². The highest BCUT2D eigenvalue weighted by molar-refractivity contribution is 5.41. The zero-order chi connectivity index (χ0) is 15.7. The highest BCUT2D eigenvalue weighted by Gasteiger charge is 2.29. The average molecular weight is 290 g/mol. The molecular formula is C17H30N4. The summed E-state index contributed by atoms with van der Waals surface area (Å²) in [6.45, 7) is 15.9. The second-order valence-corrected chi connectivity index (χ2v) is 7.65. The van der Waals surface area contributed by atoms with Crippen molar-refractivity contribution in [3.63, 3.8) is 0 Å². The number of hydrogen-bond acceptors (Lipinski definition) is 4. The summed E-state index contributed by atoms with van der Waals surface area (Å²) in [7, 11) is 0. The van der Waals surface area contributed by atoms with E-state index in [2.05, 4.69) is 61.5 Å². The Balaban J connectivity index is 2.00. The van der Waals surface area contributed by atoms with Crippen LogP contribution in [-0.4, -0.2) is 48.1 Å². The van der Waals surface area contributed by atoms with Gasteiger partial charge in [0.05, 0.1) is 0 Å². The van der Waals surface area contributed by atoms with Gasteiger partial charge in [-0.15, -0.1) is 0 Å². The van der Waals surface area contributed by atoms with Crippen molar-refractivity contribution in [1.29, 1.82) is 0 Å². The lowest BCUT2D eigenvalue weighted by atomic mass is 9.88. The zero-order valence-corrected chi connectivity index (χ0v) is 14.2. The molecule has 21 heavy (non-hydrogen) atoms. The highest BCUT2D eigenvalue weighted by atomic mass is 15.3. The average Bonchev–Trinajstić information content (AvgIpc) is 2.47. The van der Waals surface area contributed by atoms with Crippen molar-refractivity contribution in [3.05, 3.63) is 23.9 Å². The summed E-state index contributed by atoms with van der Waals surface area (Å²) in [6.07, 6.45) is 2.02. The van der Waals surface area contributed by atoms with Gasteiger partial charge in [0.2, 0.25) is 0 Å². The van der Waals surface area contributed by atoms with Crippen LogP contribution in [0.3, 0.4) is 0 Å². The molecule has 0 saturated carbocycles. The lowest BCUT2D eigenvalue weighted by Crippen LogP contribution is -2.57. The molecule has 1 fully saturated rings. The van der Waals surface area contributed by atoms with E-state index in [1.807, 2.05) is 6.20 Å². The van der Waals surface area contributed by atoms with Crippen LogP contribution >= 0.6 is 0 Å². The first kappa shape index (κ1) is 16.2. The molecule has 0 spiro atoms. The van der Waals surface area contributed by atoms with E-state index in [1.165, 1.54) is 5.56 Å². The minimum atomic E-state index is 0.0929. The minimum absolute atomic E-state index is 0.0929. The van der Waals surface area contributed by atoms with Crippen molar-refractivity contribution in [2.45, 2.75) is 45.6 Å². The third kappa shape index (κ3) is 3.74. The summed E-state index contributed by atoms with van der Waals surface area (Å²) < 4.78 is 0. The molecule has 4 heteroatoms. The zero-order valence-electron chi connectivity index (χ0n) is 14.2. The number of nitrogens with zero attached hydrogens (tertiary/aromatic N) is 3. The first-order chi connectivity index (χ1) is 9.74. The lowest BCUT2D eigenvalue weighted by molar-refractivity contribution is 0.119. The molecule has 0 bridgehead atoms. The summed E-state index contributed by atoms with van der Waals surface area (Å²) in [5, 5.41) is 0. The van der Waals surface area contributed by atoms with Gasteiger partial charge in [-0.25, -0.2) is 4.98 Å². The number of nitrogens with two attached hydrogens (primary N) is 1. The lowest BCUT2D eigenvalue weighted by Gasteiger charge is -2.43. The van der Waals surface area contributed by atoms with Crippen LogP contribution in [0.25, 0.3) is 0 Å². The number of rotatable bonds is 3. The van der Waals surface area contributed by atoms with Gasteiger partial charge in [-0.3, -0.25) is 4.90 Å². The molecule has 0 radical (unpaired) electrons. The molecule has 1 aliphatic rings. The smallest absolute Gasteiger partial charge is 0.128 e. The summed E-state index contributed by atoms with van der Waals surface area (Å²) in [5.74, 6) is 1.09. The highest BCUT2D eigenvalue weighted by Crippen LogP contribution is 2.24. The topological polar surface area (TPSA) is 45.4 Å². The van der Waals surface area contributed by atoms with Crippen LogP contribution < -0.4 is 10.6 Å². The fourth-order valence-electron chi connectivity index (χ4n) is 2.69. The number of hydrogen-bond donors (Lipinski definition) is 1. The molecule has 0 aliphatic carbocycles. The van der Waals surface area contributed by atoms with E-state index in [-0.39, 0.29) is 11.0 Å². The van der Waals surface area contributed by atoms with E-state index in [0.29, 0.717) is 6.54 Å². The summed E-state index contributed by atoms with van der Waals surface area (Å²) in [5.41, 5.74) is 7.41. The predicted molar refractivity (Wildman–Crippen MR) is 89.9 cm³/mol. The van der Waals surface area contributed by atoms with Gasteiger partial charge in [0.15, 0.2) is 0 Å². The summed E-state index contributed by atoms with van der Waals surface area (Å²) >= 11 is 0. The normalized spacial score (nSPS) is 18.1. The Kier molecular flexibility index (Phi) is 4.59. The van der Waals surface area contributed by atoms with Crippen LogP contribution in [0.2, 0.25) is 0 Å². The van der Waals surface area contributed by atoms with E-state index in [4.69, 9.17) is 5.73 Å². The molecular weight excluding hydrogens is 260 g/mol. The molecule has 0 aromatic carbocycles. The van der Waals surface area contributed by atoms with Gasteiger partial charge in [-0.05, 0) is 30.9 Å². The van der Waals surface area contributed by atoms with Gasteiger partial charge in [-0.2, -0.15) is 0 Å². The molecule has 2 N–H and O–H groups in total. The molecule has 0 unspecified atom stereocenters. The third-order valence-electron chi connectivity index (χ3n) is 4.57. The number of pyridine rings is 1. The SMILES string of the molecule is CC(C)(C)c1ccc(N2CCN(C(C)(C)CN)CC2)nc1. The molecule has 2 rings (SSSR count). The Morgan fingerprint density at radius 1 is 1.05 bits per heavy atom. The number of piperazine rings is 1. The van der Waals surface area contributed by atoms with E-state index >= 15 is 0 Å². The van der Waals surface area contributed by atoms with Crippen molar-refractivity contribution in [1.82, 2.24) is 9.88 Å². The standard InChI is InChI=1S/C17H30N4/c1-16(2,3)14-6-7-15(19-12-14)20-8-10-21(11-9-20)17(4,5)13-18/h6-7,12H,8-11,13,18H2,1-5H3. The van der Waals surface area contributed by atoms with Gasteiger partial charge < -0.3 is 10.6 Å². The third-order valence-corrected chi connectivity index (χ3v) is 4.57. The Bertz CT molecular complexity index is 451. The maximum absolute atomic E-state index is 5.87. The number of aromatic nitrogens is 1. The van der Waals surface area contributed by atoms with E-state index in [1.54, 1.807) is 0 Å². The first-order valence-corrected chi connectivity index (χ1v) is 7.91. The van der Waals surface area contributed by atoms with Crippen LogP contribution in [0.5, 0.6) is 0 Å². The van der Waals surface area contributed by atoms with Crippen molar-refractivity contribution in [2.24, 2.45) is 5.73 Å². The van der Waals surface area contributed by atoms with Crippen LogP contribution in [0, 0.1) is 0 Å². The van der Waals surface area contributed by atoms with Crippen LogP contribution in [0.4, 0.5) is 5.82 Å². The fourth-order valence-corrected chi connectivity index (χ4v) is 2.69. The van der Waals surface area contributed by atoms with Crippen molar-refractivity contribution in [3.8, 4) is 0 Å². The first-order valence-electron chi connectivity index (χ1n) is 7.91. The minimum Gasteiger partial charge on any atom is -0.354 e. The second-order valence-electron chi connectivity index (χ2n) is 7.65. The molecule has 4 nitrogen and oxygen atoms in total. The van der Waals surface area contributed by atoms with E-state index in [9.17, 15) is 0 Å². The largest absolute Gasteiger partial charge is 0.354 e. The molecule has 1 saturated heterocycles. The molecule has 0 amide bonds. The number of anilines is 1. The molecule has 1 aliphatic heterocycles. The fraction of sp³-hybridized carbons (Fsp3) is 0.706.